The SMILES string of the molecule is CCCN1CCc2nnc(NCC)cc2C1. The van der Waals surface area contributed by atoms with E-state index in [4.69, 9.17) is 0 Å². The summed E-state index contributed by atoms with van der Waals surface area (Å²) in [6, 6.07) is 2.15. The van der Waals surface area contributed by atoms with Crippen LogP contribution in [-0.2, 0) is 13.0 Å². The van der Waals surface area contributed by atoms with Crippen molar-refractivity contribution >= 4 is 5.82 Å². The first kappa shape index (κ1) is 11.3. The lowest BCUT2D eigenvalue weighted by molar-refractivity contribution is 0.252. The molecule has 4 nitrogen and oxygen atoms in total. The van der Waals surface area contributed by atoms with Crippen molar-refractivity contribution in [3.8, 4) is 0 Å². The summed E-state index contributed by atoms with van der Waals surface area (Å²) in [7, 11) is 0. The molecule has 1 N–H and O–H groups in total. The van der Waals surface area contributed by atoms with Crippen LogP contribution in [0.15, 0.2) is 6.07 Å². The van der Waals surface area contributed by atoms with Crippen LogP contribution in [0.1, 0.15) is 31.5 Å². The van der Waals surface area contributed by atoms with Crippen molar-refractivity contribution in [2.75, 3.05) is 25.0 Å². The molecule has 0 aliphatic carbocycles. The third-order valence-electron chi connectivity index (χ3n) is 2.92. The number of hydrogen-bond donors (Lipinski definition) is 1. The second-order valence-corrected chi connectivity index (χ2v) is 4.26. The molecule has 0 bridgehead atoms. The standard InChI is InChI=1S/C12H20N4/c1-3-6-16-7-5-11-10(9-16)8-12(13-4-2)15-14-11/h8H,3-7,9H2,1-2H3,(H,13,15). The smallest absolute Gasteiger partial charge is 0.148 e. The van der Waals surface area contributed by atoms with E-state index in [1.807, 2.05) is 0 Å². The first-order chi connectivity index (χ1) is 7.83. The Balaban J connectivity index is 2.12. The highest BCUT2D eigenvalue weighted by molar-refractivity contribution is 5.38. The van der Waals surface area contributed by atoms with Gasteiger partial charge in [-0.25, -0.2) is 0 Å². The van der Waals surface area contributed by atoms with Gasteiger partial charge in [-0.05, 0) is 31.5 Å². The van der Waals surface area contributed by atoms with Gasteiger partial charge in [0.2, 0.25) is 0 Å². The van der Waals surface area contributed by atoms with Crippen molar-refractivity contribution in [3.05, 3.63) is 17.3 Å². The number of anilines is 1. The lowest BCUT2D eigenvalue weighted by Gasteiger charge is -2.27. The number of rotatable bonds is 4. The van der Waals surface area contributed by atoms with E-state index in [1.54, 1.807) is 0 Å². The number of aromatic nitrogens is 2. The van der Waals surface area contributed by atoms with Crippen molar-refractivity contribution in [2.24, 2.45) is 0 Å². The zero-order valence-electron chi connectivity index (χ0n) is 10.2. The van der Waals surface area contributed by atoms with E-state index in [1.165, 1.54) is 24.2 Å². The fraction of sp³-hybridized carbons (Fsp3) is 0.667. The topological polar surface area (TPSA) is 41.1 Å². The Bertz CT molecular complexity index is 351. The lowest BCUT2D eigenvalue weighted by atomic mass is 10.1. The molecule has 0 unspecified atom stereocenters. The van der Waals surface area contributed by atoms with Gasteiger partial charge >= 0.3 is 0 Å². The molecular formula is C12H20N4. The summed E-state index contributed by atoms with van der Waals surface area (Å²) in [6.45, 7) is 8.52. The maximum Gasteiger partial charge on any atom is 0.148 e. The lowest BCUT2D eigenvalue weighted by Crippen LogP contribution is -2.32. The summed E-state index contributed by atoms with van der Waals surface area (Å²) in [5.74, 6) is 0.902. The Morgan fingerprint density at radius 3 is 3.00 bits per heavy atom. The van der Waals surface area contributed by atoms with Crippen LogP contribution in [0, 0.1) is 0 Å². The van der Waals surface area contributed by atoms with Gasteiger partial charge < -0.3 is 5.32 Å². The van der Waals surface area contributed by atoms with Crippen LogP contribution in [0.5, 0.6) is 0 Å². The first-order valence-electron chi connectivity index (χ1n) is 6.15. The molecule has 2 heterocycles. The highest BCUT2D eigenvalue weighted by atomic mass is 15.2. The van der Waals surface area contributed by atoms with Crippen LogP contribution in [-0.4, -0.2) is 34.7 Å². The van der Waals surface area contributed by atoms with Gasteiger partial charge in [0.15, 0.2) is 0 Å². The second kappa shape index (κ2) is 5.25. The molecule has 0 fully saturated rings. The zero-order chi connectivity index (χ0) is 11.4. The van der Waals surface area contributed by atoms with Crippen molar-refractivity contribution in [1.82, 2.24) is 15.1 Å². The molecule has 4 heteroatoms. The number of hydrogen-bond acceptors (Lipinski definition) is 4. The summed E-state index contributed by atoms with van der Waals surface area (Å²) in [5.41, 5.74) is 2.51. The van der Waals surface area contributed by atoms with Crippen molar-refractivity contribution in [2.45, 2.75) is 33.2 Å². The minimum atomic E-state index is 0.895. The Hall–Kier alpha value is -1.16. The highest BCUT2D eigenvalue weighted by Crippen LogP contribution is 2.18. The molecule has 0 spiro atoms. The van der Waals surface area contributed by atoms with Crippen LogP contribution in [0.25, 0.3) is 0 Å². The molecule has 0 aromatic carbocycles. The van der Waals surface area contributed by atoms with Gasteiger partial charge in [0.1, 0.15) is 5.82 Å². The van der Waals surface area contributed by atoms with Gasteiger partial charge in [-0.2, -0.15) is 5.10 Å². The average Bonchev–Trinajstić information content (AvgIpc) is 2.29. The summed E-state index contributed by atoms with van der Waals surface area (Å²) in [6.07, 6.45) is 2.25. The Labute approximate surface area is 97.1 Å². The molecule has 0 atom stereocenters. The number of nitrogens with one attached hydrogen (secondary N) is 1. The number of nitrogens with zero attached hydrogens (tertiary/aromatic N) is 3. The molecule has 1 aromatic rings. The second-order valence-electron chi connectivity index (χ2n) is 4.26. The maximum absolute atomic E-state index is 4.29. The average molecular weight is 220 g/mol. The molecular weight excluding hydrogens is 200 g/mol. The fourth-order valence-electron chi connectivity index (χ4n) is 2.16. The Kier molecular flexibility index (Phi) is 3.72. The predicted octanol–water partition coefficient (Wildman–Crippen LogP) is 1.68. The Morgan fingerprint density at radius 2 is 2.25 bits per heavy atom. The van der Waals surface area contributed by atoms with Crippen molar-refractivity contribution in [3.63, 3.8) is 0 Å². The number of fused-ring (bicyclic) bond motifs is 1. The van der Waals surface area contributed by atoms with Gasteiger partial charge in [0.25, 0.3) is 0 Å². The molecule has 0 saturated heterocycles. The molecule has 1 aromatic heterocycles. The van der Waals surface area contributed by atoms with E-state index in [0.717, 1.165) is 31.9 Å². The Morgan fingerprint density at radius 1 is 1.38 bits per heavy atom. The monoisotopic (exact) mass is 220 g/mol. The fourth-order valence-corrected chi connectivity index (χ4v) is 2.16. The summed E-state index contributed by atoms with van der Waals surface area (Å²) >= 11 is 0. The minimum absolute atomic E-state index is 0.895. The highest BCUT2D eigenvalue weighted by Gasteiger charge is 2.17. The molecule has 0 amide bonds. The molecule has 0 saturated carbocycles. The van der Waals surface area contributed by atoms with Crippen LogP contribution >= 0.6 is 0 Å². The van der Waals surface area contributed by atoms with E-state index < -0.39 is 0 Å². The van der Waals surface area contributed by atoms with E-state index in [0.29, 0.717) is 0 Å². The van der Waals surface area contributed by atoms with Gasteiger partial charge in [-0.1, -0.05) is 6.92 Å². The van der Waals surface area contributed by atoms with Crippen LogP contribution in [0.2, 0.25) is 0 Å². The van der Waals surface area contributed by atoms with E-state index in [2.05, 4.69) is 40.3 Å². The molecule has 16 heavy (non-hydrogen) atoms. The van der Waals surface area contributed by atoms with Gasteiger partial charge in [-0.3, -0.25) is 4.90 Å². The minimum Gasteiger partial charge on any atom is -0.369 e. The van der Waals surface area contributed by atoms with Crippen LogP contribution in [0.4, 0.5) is 5.82 Å². The van der Waals surface area contributed by atoms with E-state index >= 15 is 0 Å². The first-order valence-corrected chi connectivity index (χ1v) is 6.15. The van der Waals surface area contributed by atoms with Crippen molar-refractivity contribution < 1.29 is 0 Å². The quantitative estimate of drug-likeness (QED) is 0.838. The maximum atomic E-state index is 4.29. The van der Waals surface area contributed by atoms with Gasteiger partial charge in [-0.15, -0.1) is 5.10 Å². The van der Waals surface area contributed by atoms with Crippen molar-refractivity contribution in [1.29, 1.82) is 0 Å². The predicted molar refractivity (Wildman–Crippen MR) is 65.5 cm³/mol. The molecule has 0 radical (unpaired) electrons. The van der Waals surface area contributed by atoms with Crippen LogP contribution in [0.3, 0.4) is 0 Å². The van der Waals surface area contributed by atoms with E-state index in [-0.39, 0.29) is 0 Å². The largest absolute Gasteiger partial charge is 0.369 e. The summed E-state index contributed by atoms with van der Waals surface area (Å²) in [5, 5.41) is 11.7. The van der Waals surface area contributed by atoms with Crippen LogP contribution < -0.4 is 5.32 Å². The molecule has 1 aliphatic heterocycles. The third kappa shape index (κ3) is 2.50. The normalized spacial score (nSPS) is 15.9. The third-order valence-corrected chi connectivity index (χ3v) is 2.92. The molecule has 1 aliphatic rings. The zero-order valence-corrected chi connectivity index (χ0v) is 10.2. The van der Waals surface area contributed by atoms with Gasteiger partial charge in [0.05, 0.1) is 5.69 Å². The summed E-state index contributed by atoms with van der Waals surface area (Å²) in [4.78, 5) is 2.49. The molecule has 88 valence electrons. The van der Waals surface area contributed by atoms with E-state index in [9.17, 15) is 0 Å². The summed E-state index contributed by atoms with van der Waals surface area (Å²) < 4.78 is 0. The van der Waals surface area contributed by atoms with Gasteiger partial charge in [0, 0.05) is 26.1 Å². The molecule has 2 rings (SSSR count).